The molecule has 0 radical (unpaired) electrons. The molecule has 1 saturated heterocycles. The van der Waals surface area contributed by atoms with E-state index in [1.165, 1.54) is 12.4 Å². The fourth-order valence-corrected chi connectivity index (χ4v) is 3.21. The Hall–Kier alpha value is -2.48. The first-order chi connectivity index (χ1) is 11.6. The summed E-state index contributed by atoms with van der Waals surface area (Å²) in [6.45, 7) is 5.24. The van der Waals surface area contributed by atoms with Crippen LogP contribution in [0.1, 0.15) is 26.2 Å². The van der Waals surface area contributed by atoms with Crippen molar-refractivity contribution in [1.82, 2.24) is 14.9 Å². The van der Waals surface area contributed by atoms with E-state index in [1.807, 2.05) is 0 Å². The Kier molecular flexibility index (Phi) is 4.75. The normalized spacial score (nSPS) is 16.4. The minimum absolute atomic E-state index is 0.0861. The summed E-state index contributed by atoms with van der Waals surface area (Å²) >= 11 is 0. The van der Waals surface area contributed by atoms with E-state index >= 15 is 0 Å². The lowest BCUT2D eigenvalue weighted by Gasteiger charge is -2.32. The van der Waals surface area contributed by atoms with E-state index in [0.717, 1.165) is 38.9 Å². The summed E-state index contributed by atoms with van der Waals surface area (Å²) in [5.41, 5.74) is 0.425. The fourth-order valence-electron chi connectivity index (χ4n) is 3.21. The molecular weight excluding hydrogens is 310 g/mol. The van der Waals surface area contributed by atoms with E-state index in [0.29, 0.717) is 11.2 Å². The number of likely N-dealkylation sites (tertiary alicyclic amines) is 1. The zero-order valence-corrected chi connectivity index (χ0v) is 13.6. The molecule has 3 rings (SSSR count). The van der Waals surface area contributed by atoms with Crippen molar-refractivity contribution in [1.29, 1.82) is 0 Å². The van der Waals surface area contributed by atoms with E-state index in [-0.39, 0.29) is 22.7 Å². The van der Waals surface area contributed by atoms with Crippen LogP contribution in [0.15, 0.2) is 23.3 Å². The van der Waals surface area contributed by atoms with Crippen molar-refractivity contribution < 1.29 is 4.92 Å². The number of nitrogens with zero attached hydrogens (tertiary/aromatic N) is 3. The van der Waals surface area contributed by atoms with Crippen LogP contribution in [0.3, 0.4) is 0 Å². The molecule has 0 unspecified atom stereocenters. The largest absolute Gasteiger partial charge is 0.377 e. The molecule has 128 valence electrons. The van der Waals surface area contributed by atoms with Crippen molar-refractivity contribution in [3.63, 3.8) is 0 Å². The molecule has 2 heterocycles. The van der Waals surface area contributed by atoms with Crippen LogP contribution in [0, 0.1) is 10.1 Å². The van der Waals surface area contributed by atoms with Gasteiger partial charge in [0.2, 0.25) is 0 Å². The number of aromatic amines is 1. The molecule has 2 N–H and O–H groups in total. The zero-order chi connectivity index (χ0) is 17.1. The van der Waals surface area contributed by atoms with Gasteiger partial charge in [-0.15, -0.1) is 0 Å². The molecule has 0 amide bonds. The molecule has 8 nitrogen and oxygen atoms in total. The number of nitro groups is 1. The molecule has 0 aliphatic carbocycles. The maximum Gasteiger partial charge on any atom is 0.293 e. The van der Waals surface area contributed by atoms with Crippen LogP contribution < -0.4 is 10.9 Å². The van der Waals surface area contributed by atoms with Crippen molar-refractivity contribution in [3.05, 3.63) is 38.9 Å². The zero-order valence-electron chi connectivity index (χ0n) is 13.6. The predicted molar refractivity (Wildman–Crippen MR) is 92.4 cm³/mol. The van der Waals surface area contributed by atoms with Gasteiger partial charge in [-0.05, 0) is 31.9 Å². The maximum atomic E-state index is 11.8. The van der Waals surface area contributed by atoms with Gasteiger partial charge in [0.05, 0.1) is 22.2 Å². The lowest BCUT2D eigenvalue weighted by molar-refractivity contribution is -0.383. The number of nitrogens with one attached hydrogen (secondary N) is 2. The number of aromatic nitrogens is 2. The van der Waals surface area contributed by atoms with Crippen molar-refractivity contribution in [2.24, 2.45) is 0 Å². The number of benzene rings is 1. The van der Waals surface area contributed by atoms with Crippen LogP contribution in [-0.2, 0) is 0 Å². The number of fused-ring (bicyclic) bond motifs is 1. The van der Waals surface area contributed by atoms with Crippen molar-refractivity contribution >= 4 is 22.3 Å². The second-order valence-corrected chi connectivity index (χ2v) is 6.14. The molecule has 1 fully saturated rings. The van der Waals surface area contributed by atoms with Gasteiger partial charge in [0.1, 0.15) is 5.69 Å². The van der Waals surface area contributed by atoms with Gasteiger partial charge in [0, 0.05) is 25.2 Å². The lowest BCUT2D eigenvalue weighted by Crippen LogP contribution is -2.39. The van der Waals surface area contributed by atoms with Crippen LogP contribution in [0.5, 0.6) is 0 Å². The second-order valence-electron chi connectivity index (χ2n) is 6.14. The summed E-state index contributed by atoms with van der Waals surface area (Å²) in [6.07, 6.45) is 4.33. The Morgan fingerprint density at radius 3 is 2.83 bits per heavy atom. The topological polar surface area (TPSA) is 104 Å². The van der Waals surface area contributed by atoms with Crippen molar-refractivity contribution in [2.45, 2.75) is 32.2 Å². The minimum atomic E-state index is -0.458. The first-order valence-corrected chi connectivity index (χ1v) is 8.23. The van der Waals surface area contributed by atoms with Gasteiger partial charge >= 0.3 is 0 Å². The van der Waals surface area contributed by atoms with Gasteiger partial charge in [-0.25, -0.2) is 4.98 Å². The number of anilines is 1. The van der Waals surface area contributed by atoms with Crippen LogP contribution in [-0.4, -0.2) is 45.5 Å². The first-order valence-electron chi connectivity index (χ1n) is 8.23. The predicted octanol–water partition coefficient (Wildman–Crippen LogP) is 2.12. The molecule has 1 aliphatic rings. The van der Waals surface area contributed by atoms with Gasteiger partial charge in [-0.2, -0.15) is 0 Å². The molecular formula is C16H21N5O3. The summed E-state index contributed by atoms with van der Waals surface area (Å²) in [7, 11) is 0. The Labute approximate surface area is 139 Å². The number of H-pyrrole nitrogens is 1. The highest BCUT2D eigenvalue weighted by molar-refractivity contribution is 5.86. The van der Waals surface area contributed by atoms with Crippen LogP contribution in [0.2, 0.25) is 0 Å². The standard InChI is InChI=1S/C16H21N5O3/c1-2-5-20-6-3-11(4-7-20)19-14-9-13-12(8-15(14)21(23)24)16(22)18-10-17-13/h8-11,19H,2-7H2,1H3,(H,17,18,22). The second kappa shape index (κ2) is 6.96. The summed E-state index contributed by atoms with van der Waals surface area (Å²) in [6, 6.07) is 3.09. The third-order valence-corrected chi connectivity index (χ3v) is 4.44. The SMILES string of the molecule is CCCN1CCC(Nc2cc3nc[nH]c(=O)c3cc2[N+](=O)[O-])CC1. The molecule has 0 saturated carbocycles. The van der Waals surface area contributed by atoms with Gasteiger partial charge in [-0.1, -0.05) is 6.92 Å². The third-order valence-electron chi connectivity index (χ3n) is 4.44. The maximum absolute atomic E-state index is 11.8. The Morgan fingerprint density at radius 1 is 1.42 bits per heavy atom. The van der Waals surface area contributed by atoms with Crippen LogP contribution in [0.25, 0.3) is 10.9 Å². The van der Waals surface area contributed by atoms with E-state index < -0.39 is 4.92 Å². The average molecular weight is 331 g/mol. The van der Waals surface area contributed by atoms with Gasteiger partial charge in [0.15, 0.2) is 0 Å². The van der Waals surface area contributed by atoms with Crippen LogP contribution >= 0.6 is 0 Å². The number of piperidine rings is 1. The average Bonchev–Trinajstić information content (AvgIpc) is 2.56. The Balaban J connectivity index is 1.85. The minimum Gasteiger partial charge on any atom is -0.377 e. The number of hydrogen-bond donors (Lipinski definition) is 2. The molecule has 1 aromatic carbocycles. The van der Waals surface area contributed by atoms with E-state index in [4.69, 9.17) is 0 Å². The molecule has 1 aromatic heterocycles. The summed E-state index contributed by atoms with van der Waals surface area (Å²) in [4.78, 5) is 31.7. The van der Waals surface area contributed by atoms with Crippen molar-refractivity contribution in [2.75, 3.05) is 25.0 Å². The highest BCUT2D eigenvalue weighted by atomic mass is 16.6. The Bertz CT molecular complexity index is 796. The molecule has 1 aliphatic heterocycles. The highest BCUT2D eigenvalue weighted by Gasteiger charge is 2.23. The summed E-state index contributed by atoms with van der Waals surface area (Å²) in [5.74, 6) is 0. The number of rotatable bonds is 5. The smallest absolute Gasteiger partial charge is 0.293 e. The number of nitro benzene ring substituents is 1. The molecule has 8 heteroatoms. The molecule has 24 heavy (non-hydrogen) atoms. The van der Waals surface area contributed by atoms with Gasteiger partial charge < -0.3 is 15.2 Å². The molecule has 0 spiro atoms. The summed E-state index contributed by atoms with van der Waals surface area (Å²) < 4.78 is 0. The van der Waals surface area contributed by atoms with Crippen LogP contribution in [0.4, 0.5) is 11.4 Å². The quantitative estimate of drug-likeness (QED) is 0.642. The first kappa shape index (κ1) is 16.4. The highest BCUT2D eigenvalue weighted by Crippen LogP contribution is 2.29. The van der Waals surface area contributed by atoms with Gasteiger partial charge in [0.25, 0.3) is 11.2 Å². The van der Waals surface area contributed by atoms with Crippen molar-refractivity contribution in [3.8, 4) is 0 Å². The molecule has 2 aromatic rings. The number of hydrogen-bond acceptors (Lipinski definition) is 6. The van der Waals surface area contributed by atoms with E-state index in [2.05, 4.69) is 27.1 Å². The fraction of sp³-hybridized carbons (Fsp3) is 0.500. The lowest BCUT2D eigenvalue weighted by atomic mass is 10.0. The van der Waals surface area contributed by atoms with E-state index in [1.54, 1.807) is 6.07 Å². The van der Waals surface area contributed by atoms with E-state index in [9.17, 15) is 14.9 Å². The molecule has 0 atom stereocenters. The summed E-state index contributed by atoms with van der Waals surface area (Å²) in [5, 5.41) is 14.9. The Morgan fingerprint density at radius 2 is 2.17 bits per heavy atom. The monoisotopic (exact) mass is 331 g/mol. The third kappa shape index (κ3) is 3.38. The molecule has 0 bridgehead atoms. The van der Waals surface area contributed by atoms with Gasteiger partial charge in [-0.3, -0.25) is 14.9 Å².